The van der Waals surface area contributed by atoms with Gasteiger partial charge in [0.2, 0.25) is 0 Å². The number of rotatable bonds is 2. The van der Waals surface area contributed by atoms with Gasteiger partial charge in [0.1, 0.15) is 0 Å². The Morgan fingerprint density at radius 3 is 2.79 bits per heavy atom. The van der Waals surface area contributed by atoms with E-state index < -0.39 is 0 Å². The van der Waals surface area contributed by atoms with Crippen LogP contribution in [-0.2, 0) is 0 Å². The van der Waals surface area contributed by atoms with E-state index in [1.54, 1.807) is 0 Å². The minimum absolute atomic E-state index is 0.113. The lowest BCUT2D eigenvalue weighted by Crippen LogP contribution is -2.51. The molecular weight excluding hydrogens is 174 g/mol. The third kappa shape index (κ3) is 2.18. The minimum atomic E-state index is -0.113. The Bertz CT molecular complexity index is 226. The van der Waals surface area contributed by atoms with Crippen LogP contribution in [0.3, 0.4) is 0 Å². The lowest BCUT2D eigenvalue weighted by molar-refractivity contribution is 0.126. The molecular formula is C12H21NO. The van der Waals surface area contributed by atoms with Gasteiger partial charge in [0.15, 0.2) is 0 Å². The summed E-state index contributed by atoms with van der Waals surface area (Å²) in [5, 5.41) is 13.4. The summed E-state index contributed by atoms with van der Waals surface area (Å²) in [6.07, 6.45) is 11.2. The lowest BCUT2D eigenvalue weighted by atomic mass is 9.86. The van der Waals surface area contributed by atoms with Crippen LogP contribution in [0.2, 0.25) is 0 Å². The van der Waals surface area contributed by atoms with Crippen LogP contribution in [0, 0.1) is 0 Å². The van der Waals surface area contributed by atoms with Crippen LogP contribution in [0.25, 0.3) is 0 Å². The molecule has 0 spiro atoms. The Balaban J connectivity index is 1.92. The molecule has 2 rings (SSSR count). The van der Waals surface area contributed by atoms with Crippen LogP contribution in [0.4, 0.5) is 0 Å². The Morgan fingerprint density at radius 1 is 1.36 bits per heavy atom. The van der Waals surface area contributed by atoms with Crippen molar-refractivity contribution >= 4 is 0 Å². The van der Waals surface area contributed by atoms with Crippen molar-refractivity contribution < 1.29 is 5.11 Å². The van der Waals surface area contributed by atoms with E-state index in [2.05, 4.69) is 24.4 Å². The van der Waals surface area contributed by atoms with E-state index in [9.17, 15) is 5.11 Å². The van der Waals surface area contributed by atoms with E-state index in [1.165, 1.54) is 19.3 Å². The van der Waals surface area contributed by atoms with E-state index in [4.69, 9.17) is 0 Å². The maximum atomic E-state index is 9.75. The maximum Gasteiger partial charge on any atom is 0.0693 e. The van der Waals surface area contributed by atoms with Crippen molar-refractivity contribution in [3.05, 3.63) is 12.2 Å². The standard InChI is InChI=1S/C12H21NO/c1-12(8-3-2-4-9-12)13-10-6-5-7-11(10)14/h2-3,10-11,13-14H,4-9H2,1H3. The Morgan fingerprint density at radius 2 is 2.21 bits per heavy atom. The first-order valence-corrected chi connectivity index (χ1v) is 5.80. The van der Waals surface area contributed by atoms with Crippen molar-refractivity contribution in [2.75, 3.05) is 0 Å². The van der Waals surface area contributed by atoms with Gasteiger partial charge in [-0.05, 0) is 45.4 Å². The summed E-state index contributed by atoms with van der Waals surface area (Å²) in [4.78, 5) is 0. The molecule has 2 aliphatic carbocycles. The maximum absolute atomic E-state index is 9.75. The molecule has 1 saturated carbocycles. The van der Waals surface area contributed by atoms with Gasteiger partial charge in [-0.15, -0.1) is 0 Å². The summed E-state index contributed by atoms with van der Waals surface area (Å²) in [5.41, 5.74) is 0.227. The van der Waals surface area contributed by atoms with Crippen LogP contribution in [0.5, 0.6) is 0 Å². The van der Waals surface area contributed by atoms with Crippen LogP contribution in [0.15, 0.2) is 12.2 Å². The van der Waals surface area contributed by atoms with Crippen molar-refractivity contribution in [2.45, 2.75) is 63.1 Å². The van der Waals surface area contributed by atoms with Crippen LogP contribution >= 0.6 is 0 Å². The summed E-state index contributed by atoms with van der Waals surface area (Å²) in [6.45, 7) is 2.28. The largest absolute Gasteiger partial charge is 0.392 e. The zero-order valence-electron chi connectivity index (χ0n) is 9.00. The van der Waals surface area contributed by atoms with Gasteiger partial charge in [-0.2, -0.15) is 0 Å². The highest BCUT2D eigenvalue weighted by atomic mass is 16.3. The number of allylic oxidation sites excluding steroid dienone is 1. The predicted octanol–water partition coefficient (Wildman–Crippen LogP) is 1.99. The second-order valence-electron chi connectivity index (χ2n) is 5.02. The third-order valence-corrected chi connectivity index (χ3v) is 3.61. The number of aliphatic hydroxyl groups is 1. The molecule has 1 fully saturated rings. The number of hydrogen-bond acceptors (Lipinski definition) is 2. The molecule has 2 aliphatic rings. The molecule has 0 bridgehead atoms. The van der Waals surface area contributed by atoms with E-state index in [-0.39, 0.29) is 11.6 Å². The highest BCUT2D eigenvalue weighted by molar-refractivity contribution is 5.02. The molecule has 14 heavy (non-hydrogen) atoms. The number of aliphatic hydroxyl groups excluding tert-OH is 1. The highest BCUT2D eigenvalue weighted by Crippen LogP contribution is 2.27. The third-order valence-electron chi connectivity index (χ3n) is 3.61. The van der Waals surface area contributed by atoms with Crippen LogP contribution < -0.4 is 5.32 Å². The summed E-state index contributed by atoms with van der Waals surface area (Å²) >= 11 is 0. The normalized spacial score (nSPS) is 43.0. The fraction of sp³-hybridized carbons (Fsp3) is 0.833. The van der Waals surface area contributed by atoms with Crippen molar-refractivity contribution in [3.63, 3.8) is 0 Å². The topological polar surface area (TPSA) is 32.3 Å². The number of nitrogens with one attached hydrogen (secondary N) is 1. The zero-order chi connectivity index (χ0) is 10.0. The van der Waals surface area contributed by atoms with Crippen LogP contribution in [0.1, 0.15) is 45.4 Å². The van der Waals surface area contributed by atoms with Gasteiger partial charge >= 0.3 is 0 Å². The van der Waals surface area contributed by atoms with Crippen LogP contribution in [-0.4, -0.2) is 22.8 Å². The molecule has 0 saturated heterocycles. The first-order valence-electron chi connectivity index (χ1n) is 5.80. The van der Waals surface area contributed by atoms with Crippen molar-refractivity contribution in [1.29, 1.82) is 0 Å². The Hall–Kier alpha value is -0.340. The number of hydrogen-bond donors (Lipinski definition) is 2. The van der Waals surface area contributed by atoms with E-state index in [1.807, 2.05) is 0 Å². The molecule has 0 aromatic carbocycles. The first kappa shape index (κ1) is 10.2. The molecule has 2 heteroatoms. The Labute approximate surface area is 86.4 Å². The van der Waals surface area contributed by atoms with Crippen molar-refractivity contribution in [3.8, 4) is 0 Å². The summed E-state index contributed by atoms with van der Waals surface area (Å²) in [6, 6.07) is 0.339. The summed E-state index contributed by atoms with van der Waals surface area (Å²) < 4.78 is 0. The molecule has 0 heterocycles. The molecule has 3 atom stereocenters. The monoisotopic (exact) mass is 195 g/mol. The average molecular weight is 195 g/mol. The van der Waals surface area contributed by atoms with Gasteiger partial charge in [0, 0.05) is 11.6 Å². The molecule has 0 aromatic heterocycles. The summed E-state index contributed by atoms with van der Waals surface area (Å²) in [5.74, 6) is 0. The van der Waals surface area contributed by atoms with Crippen molar-refractivity contribution in [2.24, 2.45) is 0 Å². The predicted molar refractivity (Wildman–Crippen MR) is 58.2 cm³/mol. The zero-order valence-corrected chi connectivity index (χ0v) is 9.00. The Kier molecular flexibility index (Phi) is 2.93. The highest BCUT2D eigenvalue weighted by Gasteiger charge is 2.32. The van der Waals surface area contributed by atoms with E-state index >= 15 is 0 Å². The first-order chi connectivity index (χ1) is 6.70. The van der Waals surface area contributed by atoms with Gasteiger partial charge in [-0.1, -0.05) is 12.2 Å². The van der Waals surface area contributed by atoms with Crippen molar-refractivity contribution in [1.82, 2.24) is 5.32 Å². The molecule has 0 radical (unpaired) electrons. The molecule has 0 amide bonds. The molecule has 2 N–H and O–H groups in total. The van der Waals surface area contributed by atoms with Gasteiger partial charge in [-0.25, -0.2) is 0 Å². The summed E-state index contributed by atoms with van der Waals surface area (Å²) in [7, 11) is 0. The fourth-order valence-corrected chi connectivity index (χ4v) is 2.65. The minimum Gasteiger partial charge on any atom is -0.392 e. The van der Waals surface area contributed by atoms with Gasteiger partial charge in [0.25, 0.3) is 0 Å². The molecule has 2 nitrogen and oxygen atoms in total. The molecule has 3 unspecified atom stereocenters. The van der Waals surface area contributed by atoms with Gasteiger partial charge in [0.05, 0.1) is 6.10 Å². The molecule has 80 valence electrons. The van der Waals surface area contributed by atoms with Gasteiger partial charge < -0.3 is 10.4 Å². The second kappa shape index (κ2) is 4.03. The lowest BCUT2D eigenvalue weighted by Gasteiger charge is -2.36. The quantitative estimate of drug-likeness (QED) is 0.660. The molecule has 0 aromatic rings. The fourth-order valence-electron chi connectivity index (χ4n) is 2.65. The van der Waals surface area contributed by atoms with E-state index in [0.717, 1.165) is 19.3 Å². The second-order valence-corrected chi connectivity index (χ2v) is 5.02. The van der Waals surface area contributed by atoms with E-state index in [0.29, 0.717) is 6.04 Å². The molecule has 0 aliphatic heterocycles. The smallest absolute Gasteiger partial charge is 0.0693 e. The SMILES string of the molecule is CC1(NC2CCCC2O)CC=CCC1. The average Bonchev–Trinajstić information content (AvgIpc) is 2.52. The van der Waals surface area contributed by atoms with Gasteiger partial charge in [-0.3, -0.25) is 0 Å².